The summed E-state index contributed by atoms with van der Waals surface area (Å²) in [5.41, 5.74) is 0. The fourth-order valence-electron chi connectivity index (χ4n) is 1.03. The summed E-state index contributed by atoms with van der Waals surface area (Å²) in [4.78, 5) is 16.7. The van der Waals surface area contributed by atoms with E-state index in [0.717, 1.165) is 13.0 Å². The molecule has 0 bridgehead atoms. The van der Waals surface area contributed by atoms with Gasteiger partial charge in [0, 0.05) is 0 Å². The van der Waals surface area contributed by atoms with Gasteiger partial charge in [-0.2, -0.15) is 0 Å². The Morgan fingerprint density at radius 3 is 3.00 bits per heavy atom. The Balaban J connectivity index is 2.23. The molecular weight excluding hydrogens is 184 g/mol. The lowest BCUT2D eigenvalue weighted by molar-refractivity contribution is -0.149. The summed E-state index contributed by atoms with van der Waals surface area (Å²) in [5, 5.41) is 2.86. The molecule has 1 aliphatic rings. The Labute approximate surface area is 72.0 Å². The van der Waals surface area contributed by atoms with Gasteiger partial charge in [0.2, 0.25) is 0 Å². The Morgan fingerprint density at radius 1 is 1.75 bits per heavy atom. The first kappa shape index (κ1) is 9.59. The minimum Gasteiger partial charge on any atom is -0.758 e. The van der Waals surface area contributed by atoms with Crippen molar-refractivity contribution < 1.29 is 18.4 Å². The van der Waals surface area contributed by atoms with Crippen molar-refractivity contribution in [2.75, 3.05) is 6.54 Å². The number of carbonyl (C=O) groups is 1. The molecule has 0 spiro atoms. The zero-order chi connectivity index (χ0) is 8.97. The van der Waals surface area contributed by atoms with Crippen molar-refractivity contribution >= 4 is 17.2 Å². The molecule has 1 saturated heterocycles. The molecule has 0 amide bonds. The van der Waals surface area contributed by atoms with Crippen molar-refractivity contribution in [2.45, 2.75) is 18.9 Å². The third-order valence-electron chi connectivity index (χ3n) is 1.56. The molecule has 2 atom stereocenters. The van der Waals surface area contributed by atoms with Gasteiger partial charge in [-0.1, -0.05) is 4.89 Å². The van der Waals surface area contributed by atoms with Crippen molar-refractivity contribution in [2.24, 2.45) is 0 Å². The van der Waals surface area contributed by atoms with Gasteiger partial charge in [0.25, 0.3) is 0 Å². The minimum atomic E-state index is -2.56. The molecule has 0 radical (unpaired) electrons. The second-order valence-electron chi connectivity index (χ2n) is 2.39. The van der Waals surface area contributed by atoms with E-state index in [-0.39, 0.29) is 6.04 Å². The lowest BCUT2D eigenvalue weighted by Gasteiger charge is -2.10. The lowest BCUT2D eigenvalue weighted by Crippen LogP contribution is -2.36. The van der Waals surface area contributed by atoms with Crippen LogP contribution in [0.25, 0.3) is 0 Å². The monoisotopic (exact) mass is 193 g/mol. The van der Waals surface area contributed by atoms with Gasteiger partial charge in [0.05, 0.1) is 11.3 Å². The fourth-order valence-corrected chi connectivity index (χ4v) is 1.18. The van der Waals surface area contributed by atoms with Crippen molar-refractivity contribution in [3.63, 3.8) is 0 Å². The average molecular weight is 193 g/mol. The predicted octanol–water partition coefficient (Wildman–Crippen LogP) is -1.42. The number of hydrogen-bond acceptors (Lipinski definition) is 5. The first-order chi connectivity index (χ1) is 5.70. The standard InChI is InChI=1S/C5H10N2O4S/c8-5(11-7-12(9)10)4-2-1-3-6-4/h4,6-7H,1-3H2,(H,9,10)/p-1. The molecule has 6 nitrogen and oxygen atoms in total. The number of hydrogen-bond donors (Lipinski definition) is 2. The zero-order valence-corrected chi connectivity index (χ0v) is 7.06. The Bertz CT molecular complexity index is 192. The molecular formula is C5H9N2O4S-. The summed E-state index contributed by atoms with van der Waals surface area (Å²) < 4.78 is 19.8. The van der Waals surface area contributed by atoms with Gasteiger partial charge in [-0.05, 0) is 19.4 Å². The van der Waals surface area contributed by atoms with Gasteiger partial charge in [0.15, 0.2) is 0 Å². The van der Waals surface area contributed by atoms with Gasteiger partial charge in [0.1, 0.15) is 6.04 Å². The van der Waals surface area contributed by atoms with Crippen LogP contribution in [0.15, 0.2) is 0 Å². The van der Waals surface area contributed by atoms with E-state index in [2.05, 4.69) is 10.2 Å². The summed E-state index contributed by atoms with van der Waals surface area (Å²) in [5.74, 6) is -0.586. The number of nitrogens with one attached hydrogen (secondary N) is 2. The van der Waals surface area contributed by atoms with Gasteiger partial charge in [-0.25, -0.2) is 4.79 Å². The van der Waals surface area contributed by atoms with Crippen LogP contribution in [-0.2, 0) is 20.9 Å². The number of rotatable bonds is 3. The molecule has 0 aromatic rings. The van der Waals surface area contributed by atoms with E-state index in [0.29, 0.717) is 6.42 Å². The Kier molecular flexibility index (Phi) is 3.60. The van der Waals surface area contributed by atoms with Crippen LogP contribution in [-0.4, -0.2) is 27.3 Å². The van der Waals surface area contributed by atoms with E-state index in [1.807, 2.05) is 0 Å². The predicted molar refractivity (Wildman–Crippen MR) is 39.2 cm³/mol. The first-order valence-corrected chi connectivity index (χ1v) is 4.56. The van der Waals surface area contributed by atoms with Gasteiger partial charge < -0.3 is 14.7 Å². The van der Waals surface area contributed by atoms with Gasteiger partial charge >= 0.3 is 5.97 Å². The van der Waals surface area contributed by atoms with E-state index < -0.39 is 17.2 Å². The molecule has 2 unspecified atom stereocenters. The van der Waals surface area contributed by atoms with E-state index in [4.69, 9.17) is 0 Å². The van der Waals surface area contributed by atoms with E-state index >= 15 is 0 Å². The summed E-state index contributed by atoms with van der Waals surface area (Å²) in [6.45, 7) is 0.764. The fraction of sp³-hybridized carbons (Fsp3) is 0.800. The molecule has 1 heterocycles. The normalized spacial score (nSPS) is 25.2. The molecule has 0 aliphatic carbocycles. The number of carbonyl (C=O) groups excluding carboxylic acids is 1. The van der Waals surface area contributed by atoms with E-state index in [1.165, 1.54) is 0 Å². The van der Waals surface area contributed by atoms with Crippen LogP contribution in [0, 0.1) is 0 Å². The molecule has 1 aliphatic heterocycles. The lowest BCUT2D eigenvalue weighted by atomic mass is 10.2. The van der Waals surface area contributed by atoms with Crippen molar-refractivity contribution in [3.05, 3.63) is 0 Å². The molecule has 1 fully saturated rings. The molecule has 70 valence electrons. The average Bonchev–Trinajstić information content (AvgIpc) is 2.51. The Hall–Kier alpha value is -0.500. The van der Waals surface area contributed by atoms with Crippen LogP contribution in [0.4, 0.5) is 0 Å². The van der Waals surface area contributed by atoms with Gasteiger partial charge in [-0.15, -0.1) is 0 Å². The van der Waals surface area contributed by atoms with E-state index in [1.54, 1.807) is 4.89 Å². The third-order valence-corrected chi connectivity index (χ3v) is 1.77. The second kappa shape index (κ2) is 4.51. The summed E-state index contributed by atoms with van der Waals surface area (Å²) in [6.07, 6.45) is 1.59. The zero-order valence-electron chi connectivity index (χ0n) is 6.24. The highest BCUT2D eigenvalue weighted by atomic mass is 32.2. The highest BCUT2D eigenvalue weighted by Crippen LogP contribution is 2.05. The van der Waals surface area contributed by atoms with Crippen LogP contribution >= 0.6 is 0 Å². The first-order valence-electron chi connectivity index (χ1n) is 3.49. The van der Waals surface area contributed by atoms with Crippen LogP contribution in [0.5, 0.6) is 0 Å². The van der Waals surface area contributed by atoms with Crippen molar-refractivity contribution in [3.8, 4) is 0 Å². The highest BCUT2D eigenvalue weighted by molar-refractivity contribution is 7.76. The highest BCUT2D eigenvalue weighted by Gasteiger charge is 2.23. The van der Waals surface area contributed by atoms with Crippen LogP contribution in [0.2, 0.25) is 0 Å². The van der Waals surface area contributed by atoms with Crippen LogP contribution < -0.4 is 10.2 Å². The van der Waals surface area contributed by atoms with E-state index in [9.17, 15) is 13.6 Å². The minimum absolute atomic E-state index is 0.374. The molecule has 0 aromatic heterocycles. The van der Waals surface area contributed by atoms with Crippen molar-refractivity contribution in [1.82, 2.24) is 10.2 Å². The largest absolute Gasteiger partial charge is 0.758 e. The molecule has 2 N–H and O–H groups in total. The maximum atomic E-state index is 10.9. The summed E-state index contributed by atoms with van der Waals surface area (Å²) in [6, 6.07) is -0.374. The topological polar surface area (TPSA) is 90.5 Å². The molecule has 1 rings (SSSR count). The quantitative estimate of drug-likeness (QED) is 0.424. The summed E-state index contributed by atoms with van der Waals surface area (Å²) >= 11 is -2.56. The van der Waals surface area contributed by atoms with Crippen LogP contribution in [0.1, 0.15) is 12.8 Å². The van der Waals surface area contributed by atoms with Gasteiger partial charge in [-0.3, -0.25) is 4.21 Å². The Morgan fingerprint density at radius 2 is 2.50 bits per heavy atom. The second-order valence-corrected chi connectivity index (χ2v) is 3.02. The maximum Gasteiger partial charge on any atom is 0.342 e. The molecule has 0 aromatic carbocycles. The van der Waals surface area contributed by atoms with Crippen LogP contribution in [0.3, 0.4) is 0 Å². The summed E-state index contributed by atoms with van der Waals surface area (Å²) in [7, 11) is 0. The molecule has 7 heteroatoms. The van der Waals surface area contributed by atoms with Crippen molar-refractivity contribution in [1.29, 1.82) is 0 Å². The maximum absolute atomic E-state index is 10.9. The SMILES string of the molecule is O=C(ONS(=O)[O-])C1CCCN1. The molecule has 0 saturated carbocycles. The molecule has 12 heavy (non-hydrogen) atoms. The third kappa shape index (κ3) is 2.86. The smallest absolute Gasteiger partial charge is 0.342 e.